The van der Waals surface area contributed by atoms with Gasteiger partial charge in [-0.15, -0.1) is 10.2 Å². The van der Waals surface area contributed by atoms with Gasteiger partial charge in [0, 0.05) is 5.56 Å². The van der Waals surface area contributed by atoms with Crippen molar-refractivity contribution in [2.45, 2.75) is 13.8 Å². The van der Waals surface area contributed by atoms with Gasteiger partial charge in [-0.05, 0) is 55.3 Å². The number of anilines is 1. The molecule has 0 unspecified atom stereocenters. The Labute approximate surface area is 149 Å². The highest BCUT2D eigenvalue weighted by Gasteiger charge is 2.18. The molecule has 0 aliphatic heterocycles. The van der Waals surface area contributed by atoms with Gasteiger partial charge in [-0.1, -0.05) is 17.7 Å². The molecule has 6 nitrogen and oxygen atoms in total. The standard InChI is InChI=1S/C18H16ClN3O3/c1-10-8-11(2)15(14(19)9-10)20-16(23)18-22-21-17(25-18)12-4-6-13(24-3)7-5-12/h4-9H,1-3H3,(H,20,23). The Hall–Kier alpha value is -2.86. The van der Waals surface area contributed by atoms with E-state index >= 15 is 0 Å². The van der Waals surface area contributed by atoms with Crippen molar-refractivity contribution in [2.24, 2.45) is 0 Å². The minimum absolute atomic E-state index is 0.137. The fraction of sp³-hybridized carbons (Fsp3) is 0.167. The summed E-state index contributed by atoms with van der Waals surface area (Å²) in [4.78, 5) is 12.4. The first kappa shape index (κ1) is 17.0. The van der Waals surface area contributed by atoms with Crippen molar-refractivity contribution in [3.05, 3.63) is 58.4 Å². The van der Waals surface area contributed by atoms with Gasteiger partial charge in [-0.25, -0.2) is 0 Å². The Morgan fingerprint density at radius 2 is 1.88 bits per heavy atom. The molecule has 0 radical (unpaired) electrons. The van der Waals surface area contributed by atoms with Gasteiger partial charge < -0.3 is 14.5 Å². The van der Waals surface area contributed by atoms with Crippen LogP contribution in [0.5, 0.6) is 5.75 Å². The lowest BCUT2D eigenvalue weighted by Gasteiger charge is -2.09. The molecule has 1 N–H and O–H groups in total. The van der Waals surface area contributed by atoms with E-state index in [1.165, 1.54) is 0 Å². The molecule has 0 atom stereocenters. The van der Waals surface area contributed by atoms with Gasteiger partial charge in [0.2, 0.25) is 5.89 Å². The second-order valence-electron chi connectivity index (χ2n) is 5.53. The topological polar surface area (TPSA) is 77.2 Å². The fourth-order valence-corrected chi connectivity index (χ4v) is 2.77. The Balaban J connectivity index is 1.81. The van der Waals surface area contributed by atoms with E-state index in [0.29, 0.717) is 22.0 Å². The third kappa shape index (κ3) is 3.64. The summed E-state index contributed by atoms with van der Waals surface area (Å²) in [7, 11) is 1.59. The first-order chi connectivity index (χ1) is 12.0. The molecule has 7 heteroatoms. The van der Waals surface area contributed by atoms with Gasteiger partial charge in [0.1, 0.15) is 5.75 Å². The van der Waals surface area contributed by atoms with E-state index in [4.69, 9.17) is 20.8 Å². The lowest BCUT2D eigenvalue weighted by molar-refractivity contribution is 0.0990. The van der Waals surface area contributed by atoms with Gasteiger partial charge in [0.05, 0.1) is 17.8 Å². The molecule has 128 valence electrons. The number of halogens is 1. The highest BCUT2D eigenvalue weighted by molar-refractivity contribution is 6.34. The summed E-state index contributed by atoms with van der Waals surface area (Å²) < 4.78 is 10.6. The van der Waals surface area contributed by atoms with Crippen molar-refractivity contribution in [1.82, 2.24) is 10.2 Å². The number of rotatable bonds is 4. The zero-order valence-corrected chi connectivity index (χ0v) is 14.7. The summed E-state index contributed by atoms with van der Waals surface area (Å²) in [6.07, 6.45) is 0. The zero-order chi connectivity index (χ0) is 18.0. The number of ether oxygens (including phenoxy) is 1. The minimum Gasteiger partial charge on any atom is -0.497 e. The molecular weight excluding hydrogens is 342 g/mol. The van der Waals surface area contributed by atoms with Crippen LogP contribution in [0, 0.1) is 13.8 Å². The molecule has 1 heterocycles. The second kappa shape index (κ2) is 6.94. The zero-order valence-electron chi connectivity index (χ0n) is 14.0. The van der Waals surface area contributed by atoms with E-state index in [-0.39, 0.29) is 11.8 Å². The number of nitrogens with zero attached hydrogens (tertiary/aromatic N) is 2. The van der Waals surface area contributed by atoms with Crippen molar-refractivity contribution in [3.8, 4) is 17.2 Å². The minimum atomic E-state index is -0.513. The van der Waals surface area contributed by atoms with Crippen LogP contribution in [0.1, 0.15) is 21.8 Å². The van der Waals surface area contributed by atoms with E-state index in [0.717, 1.165) is 11.1 Å². The predicted molar refractivity (Wildman–Crippen MR) is 95.2 cm³/mol. The number of carbonyl (C=O) groups excluding carboxylic acids is 1. The smallest absolute Gasteiger partial charge is 0.313 e. The molecule has 1 aromatic heterocycles. The summed E-state index contributed by atoms with van der Waals surface area (Å²) in [5.41, 5.74) is 3.09. The number of carbonyl (C=O) groups is 1. The van der Waals surface area contributed by atoms with Crippen LogP contribution < -0.4 is 10.1 Å². The lowest BCUT2D eigenvalue weighted by atomic mass is 10.1. The SMILES string of the molecule is COc1ccc(-c2nnc(C(=O)Nc3c(C)cc(C)cc3Cl)o2)cc1. The van der Waals surface area contributed by atoms with Crippen molar-refractivity contribution in [1.29, 1.82) is 0 Å². The van der Waals surface area contributed by atoms with Gasteiger partial charge >= 0.3 is 11.8 Å². The number of nitrogens with one attached hydrogen (secondary N) is 1. The summed E-state index contributed by atoms with van der Waals surface area (Å²) in [5.74, 6) is 0.313. The largest absolute Gasteiger partial charge is 0.497 e. The molecule has 2 aromatic carbocycles. The maximum Gasteiger partial charge on any atom is 0.313 e. The Bertz CT molecular complexity index is 897. The molecule has 3 aromatic rings. The van der Waals surface area contributed by atoms with Gasteiger partial charge in [-0.3, -0.25) is 4.79 Å². The normalized spacial score (nSPS) is 10.6. The molecule has 0 saturated heterocycles. The van der Waals surface area contributed by atoms with Crippen LogP contribution in [-0.2, 0) is 0 Å². The van der Waals surface area contributed by atoms with Crippen LogP contribution in [0.2, 0.25) is 5.02 Å². The van der Waals surface area contributed by atoms with Crippen molar-refractivity contribution >= 4 is 23.2 Å². The van der Waals surface area contributed by atoms with Crippen molar-refractivity contribution in [2.75, 3.05) is 12.4 Å². The summed E-state index contributed by atoms with van der Waals surface area (Å²) in [5, 5.41) is 10.9. The third-order valence-electron chi connectivity index (χ3n) is 3.63. The van der Waals surface area contributed by atoms with Crippen LogP contribution in [0.15, 0.2) is 40.8 Å². The van der Waals surface area contributed by atoms with E-state index in [9.17, 15) is 4.79 Å². The molecule has 0 aliphatic rings. The van der Waals surface area contributed by atoms with E-state index < -0.39 is 5.91 Å². The average molecular weight is 358 g/mol. The molecule has 0 spiro atoms. The quantitative estimate of drug-likeness (QED) is 0.754. The molecule has 0 bridgehead atoms. The lowest BCUT2D eigenvalue weighted by Crippen LogP contribution is -2.13. The van der Waals surface area contributed by atoms with Gasteiger partial charge in [-0.2, -0.15) is 0 Å². The monoisotopic (exact) mass is 357 g/mol. The molecule has 0 aliphatic carbocycles. The molecule has 1 amide bonds. The molecule has 3 rings (SSSR count). The first-order valence-corrected chi connectivity index (χ1v) is 7.91. The number of aromatic nitrogens is 2. The number of amides is 1. The highest BCUT2D eigenvalue weighted by Crippen LogP contribution is 2.28. The van der Waals surface area contributed by atoms with Gasteiger partial charge in [0.25, 0.3) is 0 Å². The number of benzene rings is 2. The maximum atomic E-state index is 12.4. The maximum absolute atomic E-state index is 12.4. The number of aryl methyl sites for hydroxylation is 2. The predicted octanol–water partition coefficient (Wildman–Crippen LogP) is 4.27. The summed E-state index contributed by atoms with van der Waals surface area (Å²) >= 11 is 6.20. The highest BCUT2D eigenvalue weighted by atomic mass is 35.5. The molecule has 25 heavy (non-hydrogen) atoms. The van der Waals surface area contributed by atoms with Crippen LogP contribution in [-0.4, -0.2) is 23.2 Å². The van der Waals surface area contributed by atoms with Crippen molar-refractivity contribution in [3.63, 3.8) is 0 Å². The number of hydrogen-bond acceptors (Lipinski definition) is 5. The Morgan fingerprint density at radius 3 is 2.52 bits per heavy atom. The van der Waals surface area contributed by atoms with Crippen LogP contribution >= 0.6 is 11.6 Å². The summed E-state index contributed by atoms with van der Waals surface area (Å²) in [6.45, 7) is 3.80. The third-order valence-corrected chi connectivity index (χ3v) is 3.92. The van der Waals surface area contributed by atoms with Crippen molar-refractivity contribution < 1.29 is 13.9 Å². The van der Waals surface area contributed by atoms with Crippen LogP contribution in [0.4, 0.5) is 5.69 Å². The van der Waals surface area contributed by atoms with Crippen LogP contribution in [0.25, 0.3) is 11.5 Å². The first-order valence-electron chi connectivity index (χ1n) is 7.54. The fourth-order valence-electron chi connectivity index (χ4n) is 2.41. The second-order valence-corrected chi connectivity index (χ2v) is 5.94. The number of methoxy groups -OCH3 is 1. The Kier molecular flexibility index (Phi) is 4.72. The summed E-state index contributed by atoms with van der Waals surface area (Å²) in [6, 6.07) is 10.8. The van der Waals surface area contributed by atoms with E-state index in [1.54, 1.807) is 37.4 Å². The molecular formula is C18H16ClN3O3. The number of hydrogen-bond donors (Lipinski definition) is 1. The van der Waals surface area contributed by atoms with Crippen LogP contribution in [0.3, 0.4) is 0 Å². The molecule has 0 fully saturated rings. The van der Waals surface area contributed by atoms with Gasteiger partial charge in [0.15, 0.2) is 0 Å². The van der Waals surface area contributed by atoms with E-state index in [2.05, 4.69) is 15.5 Å². The van der Waals surface area contributed by atoms with E-state index in [1.807, 2.05) is 19.9 Å². The Morgan fingerprint density at radius 1 is 1.16 bits per heavy atom. The molecule has 0 saturated carbocycles. The average Bonchev–Trinajstić information content (AvgIpc) is 3.08.